The molecular formula is C13H17NO3. The lowest BCUT2D eigenvalue weighted by molar-refractivity contribution is 0.164. The van der Waals surface area contributed by atoms with Crippen LogP contribution in [0.4, 0.5) is 0 Å². The zero-order valence-corrected chi connectivity index (χ0v) is 9.99. The van der Waals surface area contributed by atoms with E-state index in [1.807, 2.05) is 0 Å². The molecule has 92 valence electrons. The molecule has 2 aliphatic heterocycles. The molecule has 1 saturated heterocycles. The first-order valence-corrected chi connectivity index (χ1v) is 6.09. The van der Waals surface area contributed by atoms with Crippen LogP contribution in [0.25, 0.3) is 0 Å². The van der Waals surface area contributed by atoms with Gasteiger partial charge in [-0.25, -0.2) is 0 Å². The van der Waals surface area contributed by atoms with Crippen LogP contribution in [0.3, 0.4) is 0 Å². The fraction of sp³-hybridized carbons (Fsp3) is 0.538. The molecular weight excluding hydrogens is 218 g/mol. The molecule has 4 heteroatoms. The average Bonchev–Trinajstić information content (AvgIpc) is 2.91. The minimum Gasteiger partial charge on any atom is -0.493 e. The first kappa shape index (κ1) is 10.7. The molecule has 0 amide bonds. The van der Waals surface area contributed by atoms with E-state index in [2.05, 4.69) is 17.4 Å². The number of hydrogen-bond acceptors (Lipinski definition) is 4. The van der Waals surface area contributed by atoms with Crippen molar-refractivity contribution in [3.63, 3.8) is 0 Å². The zero-order chi connectivity index (χ0) is 11.7. The molecule has 1 unspecified atom stereocenters. The van der Waals surface area contributed by atoms with Crippen molar-refractivity contribution in [3.8, 4) is 17.2 Å². The summed E-state index contributed by atoms with van der Waals surface area (Å²) in [5.74, 6) is 2.31. The molecule has 1 fully saturated rings. The number of rotatable bonds is 2. The first-order chi connectivity index (χ1) is 8.38. The number of ether oxygens (including phenoxy) is 3. The molecule has 17 heavy (non-hydrogen) atoms. The van der Waals surface area contributed by atoms with E-state index < -0.39 is 0 Å². The molecule has 1 aromatic rings. The molecule has 0 radical (unpaired) electrons. The van der Waals surface area contributed by atoms with Crippen molar-refractivity contribution in [3.05, 3.63) is 17.7 Å². The van der Waals surface area contributed by atoms with Crippen LogP contribution in [0.5, 0.6) is 17.2 Å². The van der Waals surface area contributed by atoms with Gasteiger partial charge in [0.05, 0.1) is 7.11 Å². The van der Waals surface area contributed by atoms with Gasteiger partial charge in [-0.1, -0.05) is 0 Å². The van der Waals surface area contributed by atoms with Crippen molar-refractivity contribution < 1.29 is 14.2 Å². The van der Waals surface area contributed by atoms with Crippen LogP contribution in [0.2, 0.25) is 0 Å². The molecule has 1 atom stereocenters. The van der Waals surface area contributed by atoms with E-state index >= 15 is 0 Å². The second-order valence-electron chi connectivity index (χ2n) is 4.40. The molecule has 1 N–H and O–H groups in total. The van der Waals surface area contributed by atoms with Gasteiger partial charge in [-0.2, -0.15) is 0 Å². The van der Waals surface area contributed by atoms with Crippen molar-refractivity contribution in [1.29, 1.82) is 0 Å². The second kappa shape index (κ2) is 4.45. The molecule has 2 heterocycles. The number of benzene rings is 1. The van der Waals surface area contributed by atoms with Gasteiger partial charge in [-0.05, 0) is 37.1 Å². The fourth-order valence-electron chi connectivity index (χ4n) is 2.46. The van der Waals surface area contributed by atoms with Crippen LogP contribution >= 0.6 is 0 Å². The minimum absolute atomic E-state index is 0.416. The Balaban J connectivity index is 1.99. The van der Waals surface area contributed by atoms with Crippen LogP contribution in [0.15, 0.2) is 12.1 Å². The van der Waals surface area contributed by atoms with Gasteiger partial charge in [0.2, 0.25) is 5.75 Å². The predicted octanol–water partition coefficient (Wildman–Crippen LogP) is 1.89. The highest BCUT2D eigenvalue weighted by Crippen LogP contribution is 2.42. The number of hydrogen-bond donors (Lipinski definition) is 1. The van der Waals surface area contributed by atoms with Crippen LogP contribution in [-0.4, -0.2) is 26.9 Å². The summed E-state index contributed by atoms with van der Waals surface area (Å²) in [5.41, 5.74) is 1.23. The van der Waals surface area contributed by atoms with Crippen LogP contribution < -0.4 is 19.5 Å². The molecule has 0 spiro atoms. The molecule has 1 aromatic carbocycles. The fourth-order valence-corrected chi connectivity index (χ4v) is 2.46. The Labute approximate surface area is 101 Å². The van der Waals surface area contributed by atoms with Gasteiger partial charge in [-0.15, -0.1) is 0 Å². The van der Waals surface area contributed by atoms with Crippen LogP contribution in [0, 0.1) is 0 Å². The maximum atomic E-state index is 5.63. The van der Waals surface area contributed by atoms with Crippen molar-refractivity contribution in [1.82, 2.24) is 5.32 Å². The van der Waals surface area contributed by atoms with Gasteiger partial charge in [0.25, 0.3) is 0 Å². The third-order valence-electron chi connectivity index (χ3n) is 3.31. The van der Waals surface area contributed by atoms with E-state index in [0.29, 0.717) is 19.3 Å². The topological polar surface area (TPSA) is 39.7 Å². The monoisotopic (exact) mass is 235 g/mol. The third kappa shape index (κ3) is 1.93. The van der Waals surface area contributed by atoms with E-state index in [1.165, 1.54) is 18.4 Å². The van der Waals surface area contributed by atoms with Crippen LogP contribution in [0.1, 0.15) is 24.4 Å². The summed E-state index contributed by atoms with van der Waals surface area (Å²) in [7, 11) is 1.67. The molecule has 0 aliphatic carbocycles. The first-order valence-electron chi connectivity index (χ1n) is 6.09. The van der Waals surface area contributed by atoms with Gasteiger partial charge in [0.15, 0.2) is 11.5 Å². The number of methoxy groups -OCH3 is 1. The van der Waals surface area contributed by atoms with E-state index in [4.69, 9.17) is 14.2 Å². The summed E-state index contributed by atoms with van der Waals surface area (Å²) in [6, 6.07) is 4.54. The second-order valence-corrected chi connectivity index (χ2v) is 4.40. The third-order valence-corrected chi connectivity index (χ3v) is 3.31. The lowest BCUT2D eigenvalue weighted by Crippen LogP contribution is -2.18. The smallest absolute Gasteiger partial charge is 0.203 e. The quantitative estimate of drug-likeness (QED) is 0.849. The van der Waals surface area contributed by atoms with Gasteiger partial charge in [-0.3, -0.25) is 0 Å². The molecule has 0 bridgehead atoms. The summed E-state index contributed by atoms with van der Waals surface area (Å²) in [5, 5.41) is 3.48. The summed E-state index contributed by atoms with van der Waals surface area (Å²) in [6.45, 7) is 2.28. The number of nitrogens with one attached hydrogen (secondary N) is 1. The molecule has 0 saturated carbocycles. The zero-order valence-electron chi connectivity index (χ0n) is 9.99. The SMILES string of the molecule is COc1cc(C2CCCN2)cc2c1OCCO2. The van der Waals surface area contributed by atoms with Crippen molar-refractivity contribution >= 4 is 0 Å². The normalized spacial score (nSPS) is 22.5. The Kier molecular flexibility index (Phi) is 2.81. The van der Waals surface area contributed by atoms with Crippen molar-refractivity contribution in [2.75, 3.05) is 26.9 Å². The Hall–Kier alpha value is -1.42. The van der Waals surface area contributed by atoms with Crippen molar-refractivity contribution in [2.24, 2.45) is 0 Å². The Morgan fingerprint density at radius 1 is 1.29 bits per heavy atom. The van der Waals surface area contributed by atoms with Gasteiger partial charge in [0, 0.05) is 6.04 Å². The lowest BCUT2D eigenvalue weighted by atomic mass is 10.0. The Morgan fingerprint density at radius 2 is 2.18 bits per heavy atom. The summed E-state index contributed by atoms with van der Waals surface area (Å²) >= 11 is 0. The molecule has 0 aromatic heterocycles. The summed E-state index contributed by atoms with van der Waals surface area (Å²) in [6.07, 6.45) is 2.39. The molecule has 3 rings (SSSR count). The van der Waals surface area contributed by atoms with Gasteiger partial charge in [0.1, 0.15) is 13.2 Å². The summed E-state index contributed by atoms with van der Waals surface area (Å²) in [4.78, 5) is 0. The van der Waals surface area contributed by atoms with E-state index in [9.17, 15) is 0 Å². The highest BCUT2D eigenvalue weighted by molar-refractivity contribution is 5.55. The largest absolute Gasteiger partial charge is 0.493 e. The van der Waals surface area contributed by atoms with E-state index in [1.54, 1.807) is 7.11 Å². The minimum atomic E-state index is 0.416. The van der Waals surface area contributed by atoms with E-state index in [0.717, 1.165) is 23.8 Å². The average molecular weight is 235 g/mol. The van der Waals surface area contributed by atoms with Gasteiger partial charge >= 0.3 is 0 Å². The summed E-state index contributed by atoms with van der Waals surface area (Å²) < 4.78 is 16.6. The molecule has 4 nitrogen and oxygen atoms in total. The maximum Gasteiger partial charge on any atom is 0.203 e. The highest BCUT2D eigenvalue weighted by Gasteiger charge is 2.23. The molecule has 2 aliphatic rings. The van der Waals surface area contributed by atoms with Gasteiger partial charge < -0.3 is 19.5 Å². The highest BCUT2D eigenvalue weighted by atomic mass is 16.6. The maximum absolute atomic E-state index is 5.63. The predicted molar refractivity (Wildman–Crippen MR) is 64.0 cm³/mol. The van der Waals surface area contributed by atoms with Crippen molar-refractivity contribution in [2.45, 2.75) is 18.9 Å². The Bertz CT molecular complexity index is 396. The Morgan fingerprint density at radius 3 is 2.94 bits per heavy atom. The standard InChI is InChI=1S/C13H17NO3/c1-15-11-7-9(10-3-2-4-14-10)8-12-13(11)17-6-5-16-12/h7-8,10,14H,2-6H2,1H3. The van der Waals surface area contributed by atoms with E-state index in [-0.39, 0.29) is 0 Å². The lowest BCUT2D eigenvalue weighted by Gasteiger charge is -2.22. The number of fused-ring (bicyclic) bond motifs is 1. The van der Waals surface area contributed by atoms with Crippen LogP contribution in [-0.2, 0) is 0 Å².